The van der Waals surface area contributed by atoms with E-state index in [0.29, 0.717) is 45.3 Å². The maximum absolute atomic E-state index is 13.2. The van der Waals surface area contributed by atoms with E-state index in [0.717, 1.165) is 0 Å². The SMILES string of the molecule is CCC1(OC(=O)N[C@@H](CC(C)C)C(=O)N[C@@H](C[C@@H]2CCNC2=O)C(O)S(=O)(=O)[O-])CCN(C(=O)OC(C)(C)C)CC1.[Na+]. The number of carbonyl (C=O) groups excluding carboxylic acids is 4. The average molecular weight is 629 g/mol. The molecule has 4 atom stereocenters. The topological polar surface area (TPSA) is 204 Å². The first-order valence-corrected chi connectivity index (χ1v) is 15.5. The van der Waals surface area contributed by atoms with Crippen LogP contribution in [0.2, 0.25) is 0 Å². The Morgan fingerprint density at radius 3 is 2.24 bits per heavy atom. The molecule has 42 heavy (non-hydrogen) atoms. The molecule has 0 radical (unpaired) electrons. The third-order valence-corrected chi connectivity index (χ3v) is 8.18. The summed E-state index contributed by atoms with van der Waals surface area (Å²) >= 11 is 0. The second-order valence-corrected chi connectivity index (χ2v) is 13.7. The second-order valence-electron chi connectivity index (χ2n) is 12.2. The monoisotopic (exact) mass is 628 g/mol. The molecule has 2 aliphatic rings. The second kappa shape index (κ2) is 15.9. The molecule has 1 unspecified atom stereocenters. The number of nitrogens with one attached hydrogen (secondary N) is 3. The number of alkyl carbamates (subject to hydrolysis) is 1. The molecule has 14 nitrogen and oxygen atoms in total. The molecule has 0 spiro atoms. The standard InChI is InChI=1S/C26H46N4O10S.Na/c1-7-26(9-12-30(13-10-26)24(35)40-25(4,5)6)39-23(34)29-18(14-16(2)3)21(32)28-19(22(33)41(36,37)38)15-17-8-11-27-20(17)31;/h16-19,22,33H,7-15H2,1-6H3,(H,27,31)(H,28,32)(H,29,34)(H,36,37,38);/q;+1/p-1/t17-,18-,19-,22?;/m0./s1. The van der Waals surface area contributed by atoms with Crippen LogP contribution in [0.1, 0.15) is 80.1 Å². The summed E-state index contributed by atoms with van der Waals surface area (Å²) in [4.78, 5) is 52.2. The van der Waals surface area contributed by atoms with Crippen molar-refractivity contribution >= 4 is 34.1 Å². The maximum Gasteiger partial charge on any atom is 1.00 e. The molecule has 2 rings (SSSR count). The summed E-state index contributed by atoms with van der Waals surface area (Å²) in [5.41, 5.74) is -4.01. The van der Waals surface area contributed by atoms with E-state index < -0.39 is 62.9 Å². The molecule has 2 heterocycles. The van der Waals surface area contributed by atoms with E-state index in [-0.39, 0.29) is 54.2 Å². The normalized spacial score (nSPS) is 20.9. The van der Waals surface area contributed by atoms with Gasteiger partial charge in [0.05, 0.1) is 6.04 Å². The number of amides is 4. The predicted octanol–water partition coefficient (Wildman–Crippen LogP) is -1.81. The molecule has 2 fully saturated rings. The molecule has 2 aliphatic heterocycles. The van der Waals surface area contributed by atoms with Crippen molar-refractivity contribution in [3.8, 4) is 0 Å². The van der Waals surface area contributed by atoms with E-state index in [2.05, 4.69) is 16.0 Å². The molecule has 0 aliphatic carbocycles. The maximum atomic E-state index is 13.2. The van der Waals surface area contributed by atoms with E-state index in [1.165, 1.54) is 0 Å². The fourth-order valence-electron chi connectivity index (χ4n) is 4.93. The van der Waals surface area contributed by atoms with Gasteiger partial charge >= 0.3 is 41.7 Å². The Bertz CT molecular complexity index is 1060. The van der Waals surface area contributed by atoms with Gasteiger partial charge in [-0.2, -0.15) is 0 Å². The van der Waals surface area contributed by atoms with Gasteiger partial charge in [0.15, 0.2) is 5.44 Å². The van der Waals surface area contributed by atoms with Crippen molar-refractivity contribution in [2.45, 2.75) is 109 Å². The van der Waals surface area contributed by atoms with Crippen molar-refractivity contribution in [3.05, 3.63) is 0 Å². The van der Waals surface area contributed by atoms with Crippen LogP contribution in [-0.4, -0.2) is 95.3 Å². The van der Waals surface area contributed by atoms with Gasteiger partial charge in [0, 0.05) is 38.4 Å². The summed E-state index contributed by atoms with van der Waals surface area (Å²) in [6, 6.07) is -2.75. The van der Waals surface area contributed by atoms with Crippen LogP contribution in [-0.2, 0) is 29.2 Å². The van der Waals surface area contributed by atoms with Crippen LogP contribution in [0.15, 0.2) is 0 Å². The third kappa shape index (κ3) is 11.8. The van der Waals surface area contributed by atoms with Crippen molar-refractivity contribution in [2.24, 2.45) is 11.8 Å². The number of carbonyl (C=O) groups is 4. The third-order valence-electron chi connectivity index (χ3n) is 7.26. The van der Waals surface area contributed by atoms with Crippen molar-refractivity contribution < 1.29 is 76.3 Å². The predicted molar refractivity (Wildman–Crippen MR) is 146 cm³/mol. The smallest absolute Gasteiger partial charge is 0.746 e. The zero-order valence-electron chi connectivity index (χ0n) is 25.7. The number of piperidine rings is 1. The van der Waals surface area contributed by atoms with Crippen LogP contribution in [0, 0.1) is 11.8 Å². The number of ether oxygens (including phenoxy) is 2. The van der Waals surface area contributed by atoms with E-state index in [9.17, 15) is 37.3 Å². The van der Waals surface area contributed by atoms with Gasteiger partial charge in [-0.1, -0.05) is 20.8 Å². The fraction of sp³-hybridized carbons (Fsp3) is 0.846. The number of aliphatic hydroxyl groups is 1. The summed E-state index contributed by atoms with van der Waals surface area (Å²) in [7, 11) is -5.22. The number of hydrogen-bond donors (Lipinski definition) is 4. The number of nitrogens with zero attached hydrogens (tertiary/aromatic N) is 1. The minimum atomic E-state index is -5.22. The molecule has 0 saturated carbocycles. The Labute approximate surface area is 270 Å². The molecule has 2 saturated heterocycles. The van der Waals surface area contributed by atoms with E-state index >= 15 is 0 Å². The number of aliphatic hydroxyl groups excluding tert-OH is 1. The Morgan fingerprint density at radius 1 is 1.19 bits per heavy atom. The first-order chi connectivity index (χ1) is 18.9. The van der Waals surface area contributed by atoms with Gasteiger partial charge in [-0.15, -0.1) is 0 Å². The zero-order chi connectivity index (χ0) is 31.2. The van der Waals surface area contributed by atoms with Gasteiger partial charge in [-0.25, -0.2) is 18.0 Å². The quantitative estimate of drug-likeness (QED) is 0.149. The number of likely N-dealkylation sites (tertiary alicyclic amines) is 1. The number of hydrogen-bond acceptors (Lipinski definition) is 10. The molecule has 0 aromatic carbocycles. The van der Waals surface area contributed by atoms with Crippen LogP contribution >= 0.6 is 0 Å². The molecule has 236 valence electrons. The van der Waals surface area contributed by atoms with Crippen LogP contribution in [0.25, 0.3) is 0 Å². The minimum absolute atomic E-state index is 0. The molecule has 0 aromatic rings. The van der Waals surface area contributed by atoms with Crippen LogP contribution in [0.3, 0.4) is 0 Å². The first kappa shape index (κ1) is 38.4. The van der Waals surface area contributed by atoms with E-state index in [1.54, 1.807) is 25.7 Å². The Hall–Kier alpha value is -1.65. The van der Waals surface area contributed by atoms with Gasteiger partial charge in [0.25, 0.3) is 0 Å². The van der Waals surface area contributed by atoms with Crippen LogP contribution in [0.5, 0.6) is 0 Å². The fourth-order valence-corrected chi connectivity index (χ4v) is 5.51. The van der Waals surface area contributed by atoms with Crippen LogP contribution < -0.4 is 45.5 Å². The largest absolute Gasteiger partial charge is 1.00 e. The summed E-state index contributed by atoms with van der Waals surface area (Å²) in [5.74, 6) is -1.99. The van der Waals surface area contributed by atoms with Gasteiger partial charge in [-0.3, -0.25) is 9.59 Å². The van der Waals surface area contributed by atoms with Gasteiger partial charge in [0.2, 0.25) is 11.8 Å². The Kier molecular flexibility index (Phi) is 14.5. The van der Waals surface area contributed by atoms with Crippen molar-refractivity contribution in [3.63, 3.8) is 0 Å². The summed E-state index contributed by atoms with van der Waals surface area (Å²) < 4.78 is 45.9. The van der Waals surface area contributed by atoms with E-state index in [4.69, 9.17) is 9.47 Å². The summed E-state index contributed by atoms with van der Waals surface area (Å²) in [6.07, 6.45) is 0.0702. The molecular formula is C26H45N4NaO10S. The molecule has 0 bridgehead atoms. The Morgan fingerprint density at radius 2 is 1.79 bits per heavy atom. The molecule has 0 aromatic heterocycles. The number of rotatable bonds is 11. The molecule has 16 heteroatoms. The molecule has 4 N–H and O–H groups in total. The molecular weight excluding hydrogens is 583 g/mol. The average Bonchev–Trinajstić information content (AvgIpc) is 3.25. The minimum Gasteiger partial charge on any atom is -0.746 e. The van der Waals surface area contributed by atoms with Crippen molar-refractivity contribution in [2.75, 3.05) is 19.6 Å². The van der Waals surface area contributed by atoms with E-state index in [1.807, 2.05) is 20.8 Å². The van der Waals surface area contributed by atoms with Crippen molar-refractivity contribution in [1.82, 2.24) is 20.9 Å². The Balaban J connectivity index is 0.00000882. The first-order valence-electron chi connectivity index (χ1n) is 14.0. The summed E-state index contributed by atoms with van der Waals surface area (Å²) in [6.45, 7) is 11.8. The van der Waals surface area contributed by atoms with Crippen molar-refractivity contribution in [1.29, 1.82) is 0 Å². The zero-order valence-corrected chi connectivity index (χ0v) is 28.5. The van der Waals surface area contributed by atoms with Gasteiger partial charge in [0.1, 0.15) is 27.4 Å². The van der Waals surface area contributed by atoms with Crippen LogP contribution in [0.4, 0.5) is 9.59 Å². The summed E-state index contributed by atoms with van der Waals surface area (Å²) in [5, 5.41) is 17.7. The van der Waals surface area contributed by atoms with Gasteiger partial charge in [-0.05, 0) is 52.4 Å². The van der Waals surface area contributed by atoms with Gasteiger partial charge < -0.3 is 40.0 Å². The molecule has 4 amide bonds.